The van der Waals surface area contributed by atoms with Crippen LogP contribution in [0.25, 0.3) is 0 Å². The Bertz CT molecular complexity index is 419. The minimum Gasteiger partial charge on any atom is -0.478 e. The summed E-state index contributed by atoms with van der Waals surface area (Å²) in [4.78, 5) is 19.3. The molecule has 0 saturated heterocycles. The lowest BCUT2D eigenvalue weighted by Crippen LogP contribution is -2.25. The van der Waals surface area contributed by atoms with Crippen molar-refractivity contribution in [2.75, 3.05) is 39.1 Å². The average molecular weight is 251 g/mol. The first-order chi connectivity index (χ1) is 8.41. The van der Waals surface area contributed by atoms with Gasteiger partial charge in [0.2, 0.25) is 0 Å². The Morgan fingerprint density at radius 2 is 2.00 bits per heavy atom. The fraction of sp³-hybridized carbons (Fsp3) is 0.538. The Balaban J connectivity index is 2.80. The van der Waals surface area contributed by atoms with Gasteiger partial charge in [-0.15, -0.1) is 0 Å². The Kier molecular flexibility index (Phi) is 5.09. The fourth-order valence-corrected chi connectivity index (χ4v) is 1.77. The molecule has 0 amide bonds. The van der Waals surface area contributed by atoms with E-state index in [4.69, 9.17) is 5.11 Å². The van der Waals surface area contributed by atoms with E-state index in [9.17, 15) is 4.79 Å². The lowest BCUT2D eigenvalue weighted by Gasteiger charge is -2.22. The molecule has 0 saturated carbocycles. The van der Waals surface area contributed by atoms with Crippen LogP contribution in [-0.2, 0) is 0 Å². The van der Waals surface area contributed by atoms with Gasteiger partial charge in [0, 0.05) is 25.5 Å². The maximum Gasteiger partial charge on any atom is 0.339 e. The second-order valence-corrected chi connectivity index (χ2v) is 4.73. The molecule has 0 bridgehead atoms. The summed E-state index contributed by atoms with van der Waals surface area (Å²) in [5.74, 6) is -0.933. The van der Waals surface area contributed by atoms with Crippen LogP contribution in [0.1, 0.15) is 22.5 Å². The van der Waals surface area contributed by atoms with E-state index in [1.807, 2.05) is 39.0 Å². The number of aryl methyl sites for hydroxylation is 1. The summed E-state index contributed by atoms with van der Waals surface area (Å²) in [7, 11) is 5.97. The molecule has 0 unspecified atom stereocenters. The third-order valence-electron chi connectivity index (χ3n) is 2.76. The number of hydrogen-bond acceptors (Lipinski definition) is 4. The molecule has 0 fully saturated rings. The molecule has 100 valence electrons. The van der Waals surface area contributed by atoms with Gasteiger partial charge in [-0.3, -0.25) is 4.98 Å². The van der Waals surface area contributed by atoms with Gasteiger partial charge in [0.1, 0.15) is 5.56 Å². The Hall–Kier alpha value is -1.62. The van der Waals surface area contributed by atoms with Crippen molar-refractivity contribution in [2.45, 2.75) is 13.3 Å². The van der Waals surface area contributed by atoms with E-state index < -0.39 is 5.97 Å². The summed E-state index contributed by atoms with van der Waals surface area (Å²) in [5, 5.41) is 9.14. The SMILES string of the molecule is Cc1cc(N(C)CCCN(C)C)c(C(=O)O)cn1. The highest BCUT2D eigenvalue weighted by Crippen LogP contribution is 2.19. The van der Waals surface area contributed by atoms with E-state index in [1.165, 1.54) is 6.20 Å². The van der Waals surface area contributed by atoms with Crippen molar-refractivity contribution >= 4 is 11.7 Å². The highest BCUT2D eigenvalue weighted by Gasteiger charge is 2.14. The molecule has 5 heteroatoms. The van der Waals surface area contributed by atoms with Crippen LogP contribution in [0.2, 0.25) is 0 Å². The number of aromatic nitrogens is 1. The second-order valence-electron chi connectivity index (χ2n) is 4.73. The predicted molar refractivity (Wildman–Crippen MR) is 72.4 cm³/mol. The zero-order valence-electron chi connectivity index (χ0n) is 11.5. The highest BCUT2D eigenvalue weighted by molar-refractivity contribution is 5.94. The number of carboxylic acid groups (broad SMARTS) is 1. The van der Waals surface area contributed by atoms with Crippen molar-refractivity contribution in [1.29, 1.82) is 0 Å². The van der Waals surface area contributed by atoms with Gasteiger partial charge in [0.05, 0.1) is 5.69 Å². The second kappa shape index (κ2) is 6.35. The summed E-state index contributed by atoms with van der Waals surface area (Å²) in [5.41, 5.74) is 1.82. The first-order valence-corrected chi connectivity index (χ1v) is 5.97. The number of anilines is 1. The standard InChI is InChI=1S/C13H21N3O2/c1-10-8-12(11(9-14-10)13(17)18)16(4)7-5-6-15(2)3/h8-9H,5-7H2,1-4H3,(H,17,18). The third-order valence-corrected chi connectivity index (χ3v) is 2.76. The predicted octanol–water partition coefficient (Wildman–Crippen LogP) is 1.48. The average Bonchev–Trinajstić information content (AvgIpc) is 2.27. The highest BCUT2D eigenvalue weighted by atomic mass is 16.4. The summed E-state index contributed by atoms with van der Waals surface area (Å²) >= 11 is 0. The Labute approximate surface area is 108 Å². The van der Waals surface area contributed by atoms with Crippen LogP contribution in [0.5, 0.6) is 0 Å². The number of hydrogen-bond donors (Lipinski definition) is 1. The summed E-state index contributed by atoms with van der Waals surface area (Å²) in [6.45, 7) is 3.67. The molecule has 0 atom stereocenters. The number of carboxylic acids is 1. The smallest absolute Gasteiger partial charge is 0.339 e. The summed E-state index contributed by atoms with van der Waals surface area (Å²) < 4.78 is 0. The number of nitrogens with zero attached hydrogens (tertiary/aromatic N) is 3. The van der Waals surface area contributed by atoms with Gasteiger partial charge in [-0.05, 0) is 40.1 Å². The third kappa shape index (κ3) is 4.00. The van der Waals surface area contributed by atoms with Crippen LogP contribution in [-0.4, -0.2) is 55.2 Å². The molecule has 5 nitrogen and oxygen atoms in total. The van der Waals surface area contributed by atoms with E-state index in [0.717, 1.165) is 30.9 Å². The number of carbonyl (C=O) groups is 1. The van der Waals surface area contributed by atoms with E-state index in [-0.39, 0.29) is 5.56 Å². The van der Waals surface area contributed by atoms with Crippen LogP contribution in [0.4, 0.5) is 5.69 Å². The Morgan fingerprint density at radius 1 is 1.33 bits per heavy atom. The van der Waals surface area contributed by atoms with E-state index in [2.05, 4.69) is 9.88 Å². The molecular weight excluding hydrogens is 230 g/mol. The zero-order valence-corrected chi connectivity index (χ0v) is 11.5. The van der Waals surface area contributed by atoms with Crippen molar-refractivity contribution in [3.63, 3.8) is 0 Å². The lowest BCUT2D eigenvalue weighted by atomic mass is 10.2. The number of rotatable bonds is 6. The van der Waals surface area contributed by atoms with Gasteiger partial charge in [-0.25, -0.2) is 4.79 Å². The van der Waals surface area contributed by atoms with Gasteiger partial charge in [-0.1, -0.05) is 0 Å². The molecule has 0 aliphatic carbocycles. The van der Waals surface area contributed by atoms with Crippen molar-refractivity contribution in [1.82, 2.24) is 9.88 Å². The molecule has 0 aliphatic rings. The molecule has 0 spiro atoms. The first-order valence-electron chi connectivity index (χ1n) is 5.97. The number of pyridine rings is 1. The van der Waals surface area contributed by atoms with E-state index in [0.29, 0.717) is 0 Å². The number of aromatic carboxylic acids is 1. The Morgan fingerprint density at radius 3 is 2.56 bits per heavy atom. The quantitative estimate of drug-likeness (QED) is 0.830. The first kappa shape index (κ1) is 14.4. The van der Waals surface area contributed by atoms with Crippen LogP contribution in [0.3, 0.4) is 0 Å². The molecule has 0 radical (unpaired) electrons. The van der Waals surface area contributed by atoms with Crippen molar-refractivity contribution in [3.8, 4) is 0 Å². The molecule has 1 N–H and O–H groups in total. The normalized spacial score (nSPS) is 10.7. The summed E-state index contributed by atoms with van der Waals surface area (Å²) in [6, 6.07) is 1.82. The van der Waals surface area contributed by atoms with E-state index >= 15 is 0 Å². The maximum absolute atomic E-state index is 11.1. The molecule has 1 heterocycles. The maximum atomic E-state index is 11.1. The van der Waals surface area contributed by atoms with Crippen LogP contribution in [0, 0.1) is 6.92 Å². The fourth-order valence-electron chi connectivity index (χ4n) is 1.77. The monoisotopic (exact) mass is 251 g/mol. The zero-order chi connectivity index (χ0) is 13.7. The molecule has 1 rings (SSSR count). The van der Waals surface area contributed by atoms with Gasteiger partial charge < -0.3 is 14.9 Å². The van der Waals surface area contributed by atoms with Crippen LogP contribution >= 0.6 is 0 Å². The van der Waals surface area contributed by atoms with Crippen molar-refractivity contribution in [2.24, 2.45) is 0 Å². The molecule has 1 aromatic heterocycles. The van der Waals surface area contributed by atoms with Gasteiger partial charge >= 0.3 is 5.97 Å². The molecule has 18 heavy (non-hydrogen) atoms. The topological polar surface area (TPSA) is 56.7 Å². The molecule has 0 aliphatic heterocycles. The molecular formula is C13H21N3O2. The van der Waals surface area contributed by atoms with Gasteiger partial charge in [-0.2, -0.15) is 0 Å². The van der Waals surface area contributed by atoms with Crippen molar-refractivity contribution < 1.29 is 9.90 Å². The van der Waals surface area contributed by atoms with Gasteiger partial charge in [0.15, 0.2) is 0 Å². The molecule has 1 aromatic rings. The summed E-state index contributed by atoms with van der Waals surface area (Å²) in [6.07, 6.45) is 2.42. The van der Waals surface area contributed by atoms with Gasteiger partial charge in [0.25, 0.3) is 0 Å². The minimum absolute atomic E-state index is 0.257. The van der Waals surface area contributed by atoms with Crippen LogP contribution < -0.4 is 4.90 Å². The molecule has 0 aromatic carbocycles. The largest absolute Gasteiger partial charge is 0.478 e. The lowest BCUT2D eigenvalue weighted by molar-refractivity contribution is 0.0697. The van der Waals surface area contributed by atoms with Crippen molar-refractivity contribution in [3.05, 3.63) is 23.5 Å². The minimum atomic E-state index is -0.933. The van der Waals surface area contributed by atoms with E-state index in [1.54, 1.807) is 0 Å². The van der Waals surface area contributed by atoms with Crippen LogP contribution in [0.15, 0.2) is 12.3 Å².